The summed E-state index contributed by atoms with van der Waals surface area (Å²) in [6, 6.07) is 1.59. The molecule has 2 heterocycles. The number of anilines is 1. The van der Waals surface area contributed by atoms with Crippen molar-refractivity contribution in [2.75, 3.05) is 18.0 Å². The molecule has 0 aromatic carbocycles. The largest absolute Gasteiger partial charge is 0.417 e. The van der Waals surface area contributed by atoms with Gasteiger partial charge in [0.1, 0.15) is 11.9 Å². The molecule has 5 nitrogen and oxygen atoms in total. The Labute approximate surface area is 150 Å². The lowest BCUT2D eigenvalue weighted by atomic mass is 9.89. The molecule has 1 aromatic heterocycles. The van der Waals surface area contributed by atoms with E-state index in [2.05, 4.69) is 10.3 Å². The highest BCUT2D eigenvalue weighted by Gasteiger charge is 2.37. The molecule has 2 aliphatic rings. The molecule has 2 fully saturated rings. The number of halogens is 3. The van der Waals surface area contributed by atoms with Crippen LogP contribution in [-0.4, -0.2) is 41.2 Å². The summed E-state index contributed by atoms with van der Waals surface area (Å²) in [4.78, 5) is 18.0. The topological polar surface area (TPSA) is 65.5 Å². The number of hydrogen-bond acceptors (Lipinski definition) is 4. The van der Waals surface area contributed by atoms with Crippen LogP contribution in [0.25, 0.3) is 0 Å². The third-order valence-electron chi connectivity index (χ3n) is 5.24. The number of amides is 1. The first kappa shape index (κ1) is 18.9. The van der Waals surface area contributed by atoms with Gasteiger partial charge in [0.2, 0.25) is 5.91 Å². The van der Waals surface area contributed by atoms with Crippen LogP contribution < -0.4 is 10.2 Å². The van der Waals surface area contributed by atoms with Gasteiger partial charge < -0.3 is 15.3 Å². The maximum atomic E-state index is 12.7. The molecule has 1 saturated heterocycles. The highest BCUT2D eigenvalue weighted by molar-refractivity contribution is 5.85. The number of aliphatic hydroxyl groups is 1. The van der Waals surface area contributed by atoms with Gasteiger partial charge in [-0.2, -0.15) is 13.2 Å². The predicted molar refractivity (Wildman–Crippen MR) is 90.6 cm³/mol. The zero-order valence-corrected chi connectivity index (χ0v) is 14.5. The first-order valence-electron chi connectivity index (χ1n) is 9.10. The first-order valence-corrected chi connectivity index (χ1v) is 9.10. The molecule has 0 unspecified atom stereocenters. The highest BCUT2D eigenvalue weighted by atomic mass is 19.4. The molecule has 2 atom stereocenters. The zero-order valence-electron chi connectivity index (χ0n) is 14.5. The van der Waals surface area contributed by atoms with Gasteiger partial charge in [0.05, 0.1) is 11.7 Å². The third-order valence-corrected chi connectivity index (χ3v) is 5.24. The normalized spacial score (nSPS) is 24.7. The minimum absolute atomic E-state index is 0.180. The van der Waals surface area contributed by atoms with E-state index in [9.17, 15) is 23.1 Å². The molecule has 1 aliphatic heterocycles. The van der Waals surface area contributed by atoms with Crippen molar-refractivity contribution >= 4 is 11.7 Å². The van der Waals surface area contributed by atoms with Crippen molar-refractivity contribution in [3.05, 3.63) is 23.9 Å². The van der Waals surface area contributed by atoms with Crippen LogP contribution in [0.2, 0.25) is 0 Å². The molecule has 1 aliphatic carbocycles. The molecule has 144 valence electrons. The Morgan fingerprint density at radius 2 is 2.00 bits per heavy atom. The van der Waals surface area contributed by atoms with Crippen LogP contribution in [0.15, 0.2) is 18.3 Å². The summed E-state index contributed by atoms with van der Waals surface area (Å²) < 4.78 is 38.0. The smallest absolute Gasteiger partial charge is 0.391 e. The predicted octanol–water partition coefficient (Wildman–Crippen LogP) is 2.74. The minimum atomic E-state index is -4.45. The lowest BCUT2D eigenvalue weighted by molar-refractivity contribution is -0.137. The van der Waals surface area contributed by atoms with Crippen molar-refractivity contribution in [1.82, 2.24) is 10.3 Å². The summed E-state index contributed by atoms with van der Waals surface area (Å²) in [7, 11) is 0. The van der Waals surface area contributed by atoms with Crippen molar-refractivity contribution in [3.8, 4) is 0 Å². The maximum absolute atomic E-state index is 12.7. The molecule has 0 spiro atoms. The number of aromatic nitrogens is 1. The Kier molecular flexibility index (Phi) is 5.70. The van der Waals surface area contributed by atoms with E-state index in [1.165, 1.54) is 25.3 Å². The van der Waals surface area contributed by atoms with Gasteiger partial charge in [-0.1, -0.05) is 19.3 Å². The van der Waals surface area contributed by atoms with E-state index in [1.807, 2.05) is 0 Å². The summed E-state index contributed by atoms with van der Waals surface area (Å²) in [6.07, 6.45) is 1.68. The number of nitrogens with zero attached hydrogens (tertiary/aromatic N) is 2. The van der Waals surface area contributed by atoms with E-state index in [1.54, 1.807) is 4.90 Å². The number of aliphatic hydroxyl groups excluding tert-OH is 1. The van der Waals surface area contributed by atoms with Crippen LogP contribution in [0.4, 0.5) is 19.0 Å². The average Bonchev–Trinajstić information content (AvgIpc) is 3.02. The Hall–Kier alpha value is -1.83. The fourth-order valence-corrected chi connectivity index (χ4v) is 3.79. The fraction of sp³-hybridized carbons (Fsp3) is 0.667. The van der Waals surface area contributed by atoms with E-state index in [-0.39, 0.29) is 24.7 Å². The highest BCUT2D eigenvalue weighted by Crippen LogP contribution is 2.31. The summed E-state index contributed by atoms with van der Waals surface area (Å²) in [5.41, 5.74) is -0.834. The monoisotopic (exact) mass is 371 g/mol. The Balaban J connectivity index is 1.64. The second kappa shape index (κ2) is 7.82. The van der Waals surface area contributed by atoms with Crippen LogP contribution in [0, 0.1) is 5.92 Å². The van der Waals surface area contributed by atoms with E-state index in [4.69, 9.17) is 0 Å². The summed E-state index contributed by atoms with van der Waals surface area (Å²) >= 11 is 0. The van der Waals surface area contributed by atoms with E-state index >= 15 is 0 Å². The fourth-order valence-electron chi connectivity index (χ4n) is 3.79. The second-order valence-corrected chi connectivity index (χ2v) is 7.21. The van der Waals surface area contributed by atoms with Gasteiger partial charge in [-0.3, -0.25) is 4.79 Å². The summed E-state index contributed by atoms with van der Waals surface area (Å²) in [6.45, 7) is 0.791. The van der Waals surface area contributed by atoms with Crippen LogP contribution >= 0.6 is 0 Å². The summed E-state index contributed by atoms with van der Waals surface area (Å²) in [5, 5.41) is 12.9. The van der Waals surface area contributed by atoms with Crippen LogP contribution in [0.1, 0.15) is 44.1 Å². The van der Waals surface area contributed by atoms with Crippen molar-refractivity contribution < 1.29 is 23.1 Å². The van der Waals surface area contributed by atoms with Gasteiger partial charge >= 0.3 is 6.18 Å². The molecule has 1 saturated carbocycles. The second-order valence-electron chi connectivity index (χ2n) is 7.21. The van der Waals surface area contributed by atoms with Gasteiger partial charge in [0, 0.05) is 25.7 Å². The number of pyridine rings is 1. The average molecular weight is 371 g/mol. The number of carbonyl (C=O) groups excluding carboxylic acids is 1. The molecule has 2 N–H and O–H groups in total. The molecule has 0 radical (unpaired) electrons. The standard InChI is InChI=1S/C18H24F3N3O2/c19-18(20,21)13-6-7-16(22-10-13)24-11-14(25)8-15(24)17(26)23-9-12-4-2-1-3-5-12/h6-7,10,12,14-15,25H,1-5,8-9,11H2,(H,23,26)/t14-,15+/m1/s1. The van der Waals surface area contributed by atoms with Gasteiger partial charge in [-0.15, -0.1) is 0 Å². The van der Waals surface area contributed by atoms with Gasteiger partial charge in [-0.05, 0) is 30.9 Å². The lowest BCUT2D eigenvalue weighted by Gasteiger charge is -2.27. The van der Waals surface area contributed by atoms with E-state index < -0.39 is 23.9 Å². The zero-order chi connectivity index (χ0) is 18.7. The molecule has 1 aromatic rings. The molecule has 0 bridgehead atoms. The van der Waals surface area contributed by atoms with Gasteiger partial charge in [-0.25, -0.2) is 4.98 Å². The van der Waals surface area contributed by atoms with Crippen LogP contribution in [0.5, 0.6) is 0 Å². The molecular formula is C18H24F3N3O2. The Bertz CT molecular complexity index is 615. The molecule has 1 amide bonds. The van der Waals surface area contributed by atoms with E-state index in [0.717, 1.165) is 25.1 Å². The van der Waals surface area contributed by atoms with Crippen LogP contribution in [-0.2, 0) is 11.0 Å². The third kappa shape index (κ3) is 4.47. The quantitative estimate of drug-likeness (QED) is 0.854. The lowest BCUT2D eigenvalue weighted by Crippen LogP contribution is -2.45. The van der Waals surface area contributed by atoms with E-state index in [0.29, 0.717) is 12.5 Å². The van der Waals surface area contributed by atoms with Crippen molar-refractivity contribution in [2.45, 2.75) is 56.8 Å². The van der Waals surface area contributed by atoms with Crippen molar-refractivity contribution in [2.24, 2.45) is 5.92 Å². The number of rotatable bonds is 4. The van der Waals surface area contributed by atoms with Gasteiger partial charge in [0.15, 0.2) is 0 Å². The van der Waals surface area contributed by atoms with Crippen molar-refractivity contribution in [1.29, 1.82) is 0 Å². The molecule has 3 rings (SSSR count). The van der Waals surface area contributed by atoms with Gasteiger partial charge in [0.25, 0.3) is 0 Å². The Morgan fingerprint density at radius 1 is 1.27 bits per heavy atom. The Morgan fingerprint density at radius 3 is 2.62 bits per heavy atom. The van der Waals surface area contributed by atoms with Crippen LogP contribution in [0.3, 0.4) is 0 Å². The minimum Gasteiger partial charge on any atom is -0.391 e. The number of carbonyl (C=O) groups is 1. The number of hydrogen-bond donors (Lipinski definition) is 2. The maximum Gasteiger partial charge on any atom is 0.417 e. The summed E-state index contributed by atoms with van der Waals surface area (Å²) in [5.74, 6) is 0.554. The first-order chi connectivity index (χ1) is 12.3. The molecule has 8 heteroatoms. The number of alkyl halides is 3. The molecule has 26 heavy (non-hydrogen) atoms. The number of β-amino-alcohol motifs (C(OH)–C–C–N with tert-alkyl or cyclic N) is 1. The SMILES string of the molecule is O=C(NCC1CCCCC1)[C@@H]1C[C@@H](O)CN1c1ccc(C(F)(F)F)cn1. The van der Waals surface area contributed by atoms with Crippen molar-refractivity contribution in [3.63, 3.8) is 0 Å². The molecular weight excluding hydrogens is 347 g/mol. The number of nitrogens with one attached hydrogen (secondary N) is 1.